The number of rotatable bonds is 5. The van der Waals surface area contributed by atoms with Gasteiger partial charge in [0.15, 0.2) is 0 Å². The first kappa shape index (κ1) is 12.1. The maximum Gasteiger partial charge on any atom is 0.123 e. The molecular formula is C13H19N3O. The Morgan fingerprint density at radius 1 is 1.41 bits per heavy atom. The van der Waals surface area contributed by atoms with Crippen molar-refractivity contribution in [2.24, 2.45) is 7.05 Å². The summed E-state index contributed by atoms with van der Waals surface area (Å²) in [7, 11) is 2.02. The van der Waals surface area contributed by atoms with E-state index in [4.69, 9.17) is 5.11 Å². The SMILES string of the molecule is CC[C@H](CO)NCc1nc2ccccc2n1C. The number of benzene rings is 1. The van der Waals surface area contributed by atoms with E-state index in [1.807, 2.05) is 25.2 Å². The Balaban J connectivity index is 2.16. The predicted molar refractivity (Wildman–Crippen MR) is 68.7 cm³/mol. The molecule has 0 aliphatic rings. The van der Waals surface area contributed by atoms with E-state index in [2.05, 4.69) is 27.9 Å². The van der Waals surface area contributed by atoms with Crippen molar-refractivity contribution in [1.29, 1.82) is 0 Å². The number of hydrogen-bond acceptors (Lipinski definition) is 3. The summed E-state index contributed by atoms with van der Waals surface area (Å²) in [5.74, 6) is 0.998. The molecule has 0 bridgehead atoms. The van der Waals surface area contributed by atoms with Gasteiger partial charge in [-0.25, -0.2) is 4.98 Å². The summed E-state index contributed by atoms with van der Waals surface area (Å²) < 4.78 is 2.09. The highest BCUT2D eigenvalue weighted by Gasteiger charge is 2.09. The highest BCUT2D eigenvalue weighted by atomic mass is 16.3. The van der Waals surface area contributed by atoms with Gasteiger partial charge in [0.1, 0.15) is 5.82 Å². The van der Waals surface area contributed by atoms with Crippen LogP contribution in [-0.2, 0) is 13.6 Å². The first-order valence-electron chi connectivity index (χ1n) is 6.00. The third kappa shape index (κ3) is 2.48. The van der Waals surface area contributed by atoms with Crippen molar-refractivity contribution in [3.8, 4) is 0 Å². The van der Waals surface area contributed by atoms with Gasteiger partial charge in [0.2, 0.25) is 0 Å². The standard InChI is InChI=1S/C13H19N3O/c1-3-10(9-17)14-8-13-15-11-6-4-5-7-12(11)16(13)2/h4-7,10,14,17H,3,8-9H2,1-2H3/t10-/m1/s1. The second kappa shape index (κ2) is 5.29. The lowest BCUT2D eigenvalue weighted by Crippen LogP contribution is -2.32. The van der Waals surface area contributed by atoms with E-state index in [-0.39, 0.29) is 12.6 Å². The molecule has 0 aliphatic heterocycles. The number of aliphatic hydroxyl groups excluding tert-OH is 1. The van der Waals surface area contributed by atoms with Gasteiger partial charge < -0.3 is 15.0 Å². The van der Waals surface area contributed by atoms with E-state index < -0.39 is 0 Å². The number of hydrogen-bond donors (Lipinski definition) is 2. The summed E-state index contributed by atoms with van der Waals surface area (Å²) in [6.07, 6.45) is 0.917. The molecule has 0 aliphatic carbocycles. The van der Waals surface area contributed by atoms with Gasteiger partial charge in [0, 0.05) is 13.1 Å². The fourth-order valence-electron chi connectivity index (χ4n) is 1.93. The third-order valence-electron chi connectivity index (χ3n) is 3.14. The Labute approximate surface area is 101 Å². The average Bonchev–Trinajstić information content (AvgIpc) is 2.68. The maximum absolute atomic E-state index is 9.12. The maximum atomic E-state index is 9.12. The Morgan fingerprint density at radius 2 is 2.18 bits per heavy atom. The highest BCUT2D eigenvalue weighted by molar-refractivity contribution is 5.75. The lowest BCUT2D eigenvalue weighted by molar-refractivity contribution is 0.237. The molecule has 0 saturated heterocycles. The van der Waals surface area contributed by atoms with Gasteiger partial charge in [-0.15, -0.1) is 0 Å². The van der Waals surface area contributed by atoms with Crippen molar-refractivity contribution in [2.75, 3.05) is 6.61 Å². The molecule has 0 amide bonds. The fourth-order valence-corrected chi connectivity index (χ4v) is 1.93. The van der Waals surface area contributed by atoms with E-state index in [0.717, 1.165) is 23.3 Å². The zero-order valence-electron chi connectivity index (χ0n) is 10.3. The number of aliphatic hydroxyl groups is 1. The van der Waals surface area contributed by atoms with Crippen molar-refractivity contribution >= 4 is 11.0 Å². The molecule has 2 rings (SSSR count). The van der Waals surface area contributed by atoms with Crippen LogP contribution in [-0.4, -0.2) is 27.3 Å². The number of aromatic nitrogens is 2. The largest absolute Gasteiger partial charge is 0.395 e. The number of para-hydroxylation sites is 2. The molecule has 1 aromatic heterocycles. The van der Waals surface area contributed by atoms with Crippen LogP contribution < -0.4 is 5.32 Å². The van der Waals surface area contributed by atoms with E-state index in [1.165, 1.54) is 0 Å². The number of nitrogens with zero attached hydrogens (tertiary/aromatic N) is 2. The van der Waals surface area contributed by atoms with Crippen LogP contribution in [0.1, 0.15) is 19.2 Å². The minimum Gasteiger partial charge on any atom is -0.395 e. The quantitative estimate of drug-likeness (QED) is 0.821. The smallest absolute Gasteiger partial charge is 0.123 e. The fraction of sp³-hybridized carbons (Fsp3) is 0.462. The molecule has 0 unspecified atom stereocenters. The third-order valence-corrected chi connectivity index (χ3v) is 3.14. The molecule has 17 heavy (non-hydrogen) atoms. The Morgan fingerprint density at radius 3 is 2.82 bits per heavy atom. The summed E-state index contributed by atoms with van der Waals surface area (Å²) in [5.41, 5.74) is 2.16. The molecule has 2 N–H and O–H groups in total. The van der Waals surface area contributed by atoms with Crippen LogP contribution in [0.2, 0.25) is 0 Å². The van der Waals surface area contributed by atoms with Crippen molar-refractivity contribution in [3.63, 3.8) is 0 Å². The van der Waals surface area contributed by atoms with Crippen LogP contribution in [0.25, 0.3) is 11.0 Å². The monoisotopic (exact) mass is 233 g/mol. The van der Waals surface area contributed by atoms with Crippen molar-refractivity contribution < 1.29 is 5.11 Å². The second-order valence-corrected chi connectivity index (χ2v) is 4.24. The summed E-state index contributed by atoms with van der Waals surface area (Å²) in [6.45, 7) is 2.91. The zero-order valence-corrected chi connectivity index (χ0v) is 10.3. The molecule has 1 aromatic carbocycles. The normalized spacial score (nSPS) is 13.1. The van der Waals surface area contributed by atoms with Crippen molar-refractivity contribution in [2.45, 2.75) is 25.9 Å². The molecule has 4 heteroatoms. The van der Waals surface area contributed by atoms with Crippen LogP contribution in [0.4, 0.5) is 0 Å². The predicted octanol–water partition coefficient (Wildman–Crippen LogP) is 1.43. The lowest BCUT2D eigenvalue weighted by atomic mass is 10.2. The minimum atomic E-state index is 0.148. The average molecular weight is 233 g/mol. The Bertz CT molecular complexity index is 488. The van der Waals surface area contributed by atoms with Gasteiger partial charge in [-0.3, -0.25) is 0 Å². The van der Waals surface area contributed by atoms with Crippen LogP contribution in [0, 0.1) is 0 Å². The molecule has 1 heterocycles. The number of aryl methyl sites for hydroxylation is 1. The molecule has 4 nitrogen and oxygen atoms in total. The van der Waals surface area contributed by atoms with Gasteiger partial charge in [0.05, 0.1) is 24.2 Å². The van der Waals surface area contributed by atoms with E-state index >= 15 is 0 Å². The van der Waals surface area contributed by atoms with Crippen LogP contribution in [0.3, 0.4) is 0 Å². The minimum absolute atomic E-state index is 0.148. The first-order valence-corrected chi connectivity index (χ1v) is 6.00. The molecule has 1 atom stereocenters. The van der Waals surface area contributed by atoms with Gasteiger partial charge in [-0.2, -0.15) is 0 Å². The van der Waals surface area contributed by atoms with E-state index in [0.29, 0.717) is 6.54 Å². The summed E-state index contributed by atoms with van der Waals surface area (Å²) in [5, 5.41) is 12.4. The molecule has 0 saturated carbocycles. The van der Waals surface area contributed by atoms with Crippen molar-refractivity contribution in [3.05, 3.63) is 30.1 Å². The first-order chi connectivity index (χ1) is 8.26. The molecule has 0 spiro atoms. The molecule has 2 aromatic rings. The summed E-state index contributed by atoms with van der Waals surface area (Å²) in [4.78, 5) is 4.57. The highest BCUT2D eigenvalue weighted by Crippen LogP contribution is 2.14. The van der Waals surface area contributed by atoms with Crippen LogP contribution in [0.15, 0.2) is 24.3 Å². The Hall–Kier alpha value is -1.39. The van der Waals surface area contributed by atoms with Gasteiger partial charge >= 0.3 is 0 Å². The summed E-state index contributed by atoms with van der Waals surface area (Å²) >= 11 is 0. The van der Waals surface area contributed by atoms with Crippen molar-refractivity contribution in [1.82, 2.24) is 14.9 Å². The summed E-state index contributed by atoms with van der Waals surface area (Å²) in [6, 6.07) is 8.24. The molecule has 92 valence electrons. The van der Waals surface area contributed by atoms with E-state index in [9.17, 15) is 0 Å². The second-order valence-electron chi connectivity index (χ2n) is 4.24. The zero-order chi connectivity index (χ0) is 12.3. The number of imidazole rings is 1. The molecular weight excluding hydrogens is 214 g/mol. The van der Waals surface area contributed by atoms with Crippen LogP contribution in [0.5, 0.6) is 0 Å². The Kier molecular flexibility index (Phi) is 3.76. The van der Waals surface area contributed by atoms with E-state index in [1.54, 1.807) is 0 Å². The number of nitrogens with one attached hydrogen (secondary N) is 1. The van der Waals surface area contributed by atoms with Crippen LogP contribution >= 0.6 is 0 Å². The topological polar surface area (TPSA) is 50.1 Å². The molecule has 0 radical (unpaired) electrons. The molecule has 0 fully saturated rings. The van der Waals surface area contributed by atoms with Gasteiger partial charge in [-0.1, -0.05) is 19.1 Å². The van der Waals surface area contributed by atoms with Gasteiger partial charge in [0.25, 0.3) is 0 Å². The lowest BCUT2D eigenvalue weighted by Gasteiger charge is -2.13. The van der Waals surface area contributed by atoms with Gasteiger partial charge in [-0.05, 0) is 18.6 Å². The number of fused-ring (bicyclic) bond motifs is 1.